The molecule has 124 valence electrons. The van der Waals surface area contributed by atoms with Gasteiger partial charge in [0.05, 0.1) is 26.2 Å². The van der Waals surface area contributed by atoms with Crippen molar-refractivity contribution in [1.29, 1.82) is 0 Å². The van der Waals surface area contributed by atoms with Gasteiger partial charge in [-0.3, -0.25) is 9.69 Å². The summed E-state index contributed by atoms with van der Waals surface area (Å²) in [4.78, 5) is 26.0. The lowest BCUT2D eigenvalue weighted by Gasteiger charge is -2.29. The summed E-state index contributed by atoms with van der Waals surface area (Å²) < 4.78 is 9.58. The molecule has 1 rings (SSSR count). The van der Waals surface area contributed by atoms with Gasteiger partial charge in [-0.2, -0.15) is 0 Å². The van der Waals surface area contributed by atoms with Crippen molar-refractivity contribution < 1.29 is 19.1 Å². The minimum Gasteiger partial charge on any atom is -0.504 e. The molecule has 0 heterocycles. The molecule has 23 heavy (non-hydrogen) atoms. The molecule has 1 unspecified atom stereocenters. The second kappa shape index (κ2) is 8.78. The van der Waals surface area contributed by atoms with Crippen LogP contribution in [0.1, 0.15) is 18.1 Å². The van der Waals surface area contributed by atoms with E-state index < -0.39 is 12.0 Å². The summed E-state index contributed by atoms with van der Waals surface area (Å²) in [6.45, 7) is 5.46. The highest BCUT2D eigenvalue weighted by atomic mass is 16.5. The zero-order valence-corrected chi connectivity index (χ0v) is 14.2. The van der Waals surface area contributed by atoms with Crippen molar-refractivity contribution in [3.63, 3.8) is 0 Å². The van der Waals surface area contributed by atoms with Crippen molar-refractivity contribution in [1.82, 2.24) is 0 Å². The molecule has 5 nitrogen and oxygen atoms in total. The topological polar surface area (TPSA) is 55.8 Å². The number of anilines is 1. The Morgan fingerprint density at radius 3 is 2.26 bits per heavy atom. The van der Waals surface area contributed by atoms with Crippen molar-refractivity contribution in [2.24, 2.45) is 0 Å². The molecule has 1 aromatic carbocycles. The zero-order chi connectivity index (χ0) is 17.4. The molecule has 1 aromatic rings. The van der Waals surface area contributed by atoms with E-state index in [-0.39, 0.29) is 5.91 Å². The van der Waals surface area contributed by atoms with Crippen molar-refractivity contribution in [3.05, 3.63) is 53.8 Å². The predicted octanol–water partition coefficient (Wildman–Crippen LogP) is 2.91. The summed E-state index contributed by atoms with van der Waals surface area (Å²) in [5, 5.41) is 0. The number of benzene rings is 1. The van der Waals surface area contributed by atoms with Gasteiger partial charge in [0.15, 0.2) is 0 Å². The third-order valence-electron chi connectivity index (χ3n) is 3.41. The van der Waals surface area contributed by atoms with E-state index in [9.17, 15) is 9.59 Å². The first-order valence-corrected chi connectivity index (χ1v) is 7.27. The van der Waals surface area contributed by atoms with Crippen LogP contribution in [0, 0.1) is 13.8 Å². The Morgan fingerprint density at radius 2 is 1.74 bits per heavy atom. The number of para-hydroxylation sites is 1. The number of ether oxygens (including phenoxy) is 2. The first-order chi connectivity index (χ1) is 10.9. The van der Waals surface area contributed by atoms with E-state index >= 15 is 0 Å². The third kappa shape index (κ3) is 4.71. The van der Waals surface area contributed by atoms with Crippen LogP contribution in [0.4, 0.5) is 5.69 Å². The molecule has 0 bridgehead atoms. The fraction of sp³-hybridized carbons (Fsp3) is 0.333. The molecule has 0 saturated carbocycles. The number of aryl methyl sites for hydroxylation is 2. The lowest BCUT2D eigenvalue weighted by Crippen LogP contribution is -2.44. The van der Waals surface area contributed by atoms with Gasteiger partial charge in [-0.25, -0.2) is 4.79 Å². The van der Waals surface area contributed by atoms with E-state index in [1.807, 2.05) is 32.0 Å². The zero-order valence-electron chi connectivity index (χ0n) is 14.2. The molecule has 0 aliphatic heterocycles. The summed E-state index contributed by atoms with van der Waals surface area (Å²) in [5.41, 5.74) is 2.54. The van der Waals surface area contributed by atoms with Gasteiger partial charge in [0.25, 0.3) is 5.91 Å². The van der Waals surface area contributed by atoms with Crippen molar-refractivity contribution >= 4 is 17.6 Å². The molecule has 0 N–H and O–H groups in total. The molecule has 0 aromatic heterocycles. The highest BCUT2D eigenvalue weighted by Crippen LogP contribution is 2.27. The number of amides is 1. The van der Waals surface area contributed by atoms with E-state index in [4.69, 9.17) is 9.47 Å². The summed E-state index contributed by atoms with van der Waals surface area (Å²) in [6, 6.07) is 4.99. The molecule has 0 aliphatic carbocycles. The maximum atomic E-state index is 12.6. The van der Waals surface area contributed by atoms with E-state index in [1.54, 1.807) is 19.1 Å². The number of hydrogen-bond acceptors (Lipinski definition) is 4. The predicted molar refractivity (Wildman–Crippen MR) is 90.2 cm³/mol. The van der Waals surface area contributed by atoms with Gasteiger partial charge in [-0.15, -0.1) is 0 Å². The fourth-order valence-corrected chi connectivity index (χ4v) is 2.30. The average Bonchev–Trinajstić information content (AvgIpc) is 2.53. The molecular weight excluding hydrogens is 294 g/mol. The maximum absolute atomic E-state index is 12.6. The quantitative estimate of drug-likeness (QED) is 0.350. The molecule has 5 heteroatoms. The van der Waals surface area contributed by atoms with Crippen molar-refractivity contribution in [3.8, 4) is 0 Å². The van der Waals surface area contributed by atoms with Gasteiger partial charge in [0.2, 0.25) is 0 Å². The Labute approximate surface area is 137 Å². The van der Waals surface area contributed by atoms with Gasteiger partial charge < -0.3 is 9.47 Å². The number of hydrogen-bond donors (Lipinski definition) is 0. The first kappa shape index (κ1) is 18.5. The standard InChI is InChI=1S/C18H23NO4/c1-13-9-8-10-14(2)17(13)19(15(3)18(21)23-5)16(20)11-6-7-12-22-4/h6-12,15H,1-5H3/b11-6+,12-7-. The Morgan fingerprint density at radius 1 is 1.13 bits per heavy atom. The monoisotopic (exact) mass is 317 g/mol. The number of nitrogens with zero attached hydrogens (tertiary/aromatic N) is 1. The van der Waals surface area contributed by atoms with Crippen LogP contribution in [0.3, 0.4) is 0 Å². The van der Waals surface area contributed by atoms with Crippen LogP contribution >= 0.6 is 0 Å². The van der Waals surface area contributed by atoms with Gasteiger partial charge in [-0.05, 0) is 38.0 Å². The minimum atomic E-state index is -0.733. The number of rotatable bonds is 6. The van der Waals surface area contributed by atoms with Crippen LogP contribution < -0.4 is 4.90 Å². The van der Waals surface area contributed by atoms with Crippen molar-refractivity contribution in [2.45, 2.75) is 26.8 Å². The first-order valence-electron chi connectivity index (χ1n) is 7.27. The van der Waals surface area contributed by atoms with Crippen LogP contribution in [0.5, 0.6) is 0 Å². The molecule has 0 saturated heterocycles. The van der Waals surface area contributed by atoms with Crippen molar-refractivity contribution in [2.75, 3.05) is 19.1 Å². The molecule has 0 radical (unpaired) electrons. The van der Waals surface area contributed by atoms with Crippen LogP contribution in [-0.4, -0.2) is 32.1 Å². The summed E-state index contributed by atoms with van der Waals surface area (Å²) >= 11 is 0. The second-order valence-electron chi connectivity index (χ2n) is 5.07. The lowest BCUT2D eigenvalue weighted by atomic mass is 10.1. The summed E-state index contributed by atoms with van der Waals surface area (Å²) in [7, 11) is 2.83. The highest BCUT2D eigenvalue weighted by molar-refractivity contribution is 6.06. The smallest absolute Gasteiger partial charge is 0.328 e. The fourth-order valence-electron chi connectivity index (χ4n) is 2.30. The number of methoxy groups -OCH3 is 2. The maximum Gasteiger partial charge on any atom is 0.328 e. The largest absolute Gasteiger partial charge is 0.504 e. The van der Waals surface area contributed by atoms with Crippen LogP contribution in [-0.2, 0) is 19.1 Å². The SMILES string of the molecule is CO/C=C\C=C\C(=O)N(c1c(C)cccc1C)C(C)C(=O)OC. The van der Waals surface area contributed by atoms with E-state index in [0.29, 0.717) is 0 Å². The second-order valence-corrected chi connectivity index (χ2v) is 5.07. The molecule has 0 spiro atoms. The number of carbonyl (C=O) groups excluding carboxylic acids is 2. The Bertz CT molecular complexity index is 599. The lowest BCUT2D eigenvalue weighted by molar-refractivity contribution is -0.142. The number of esters is 1. The summed E-state index contributed by atoms with van der Waals surface area (Å²) in [6.07, 6.45) is 6.01. The minimum absolute atomic E-state index is 0.305. The van der Waals surface area contributed by atoms with Crippen LogP contribution in [0.25, 0.3) is 0 Å². The number of carbonyl (C=O) groups is 2. The Balaban J connectivity index is 3.27. The molecule has 1 atom stereocenters. The molecular formula is C18H23NO4. The van der Waals surface area contributed by atoms with Gasteiger partial charge in [0, 0.05) is 6.08 Å². The summed E-state index contributed by atoms with van der Waals surface area (Å²) in [5.74, 6) is -0.775. The van der Waals surface area contributed by atoms with E-state index in [0.717, 1.165) is 16.8 Å². The van der Waals surface area contributed by atoms with Gasteiger partial charge >= 0.3 is 5.97 Å². The molecule has 0 fully saturated rings. The molecule has 0 aliphatic rings. The Hall–Kier alpha value is -2.56. The average molecular weight is 317 g/mol. The highest BCUT2D eigenvalue weighted by Gasteiger charge is 2.28. The van der Waals surface area contributed by atoms with E-state index in [2.05, 4.69) is 0 Å². The van der Waals surface area contributed by atoms with Gasteiger partial charge in [0.1, 0.15) is 6.04 Å². The third-order valence-corrected chi connectivity index (χ3v) is 3.41. The number of allylic oxidation sites excluding steroid dienone is 2. The molecule has 1 amide bonds. The van der Waals surface area contributed by atoms with E-state index in [1.165, 1.54) is 31.5 Å². The normalized spacial score (nSPS) is 12.4. The van der Waals surface area contributed by atoms with Gasteiger partial charge in [-0.1, -0.05) is 24.3 Å². The van der Waals surface area contributed by atoms with Crippen LogP contribution in [0.15, 0.2) is 42.7 Å². The van der Waals surface area contributed by atoms with Crippen LogP contribution in [0.2, 0.25) is 0 Å². The Kier molecular flexibility index (Phi) is 7.06.